The minimum Gasteiger partial charge on any atom is -0.478 e. The van der Waals surface area contributed by atoms with Gasteiger partial charge in [0.2, 0.25) is 0 Å². The summed E-state index contributed by atoms with van der Waals surface area (Å²) in [7, 11) is 0. The van der Waals surface area contributed by atoms with E-state index < -0.39 is 17.6 Å². The molecule has 0 aliphatic heterocycles. The monoisotopic (exact) mass is 303 g/mol. The summed E-state index contributed by atoms with van der Waals surface area (Å²) < 4.78 is 26.5. The topological polar surface area (TPSA) is 78.0 Å². The van der Waals surface area contributed by atoms with Crippen LogP contribution in [0.15, 0.2) is 30.6 Å². The molecule has 2 aromatic heterocycles. The molecule has 0 fully saturated rings. The molecule has 0 bridgehead atoms. The molecule has 0 aliphatic carbocycles. The summed E-state index contributed by atoms with van der Waals surface area (Å²) in [6.45, 7) is 1.76. The Bertz CT molecular complexity index is 870. The maximum absolute atomic E-state index is 13.2. The Kier molecular flexibility index (Phi) is 3.25. The molecular formula is C15H11F2N3O2. The number of hydrogen-bond donors (Lipinski definition) is 3. The van der Waals surface area contributed by atoms with Crippen LogP contribution in [0.25, 0.3) is 10.9 Å². The molecule has 0 saturated carbocycles. The van der Waals surface area contributed by atoms with Gasteiger partial charge in [-0.3, -0.25) is 0 Å². The van der Waals surface area contributed by atoms with Crippen LogP contribution in [-0.2, 0) is 0 Å². The fourth-order valence-electron chi connectivity index (χ4n) is 2.33. The van der Waals surface area contributed by atoms with Crippen LogP contribution in [-0.4, -0.2) is 21.0 Å². The zero-order valence-corrected chi connectivity index (χ0v) is 11.4. The van der Waals surface area contributed by atoms with Crippen LogP contribution in [0.3, 0.4) is 0 Å². The molecule has 112 valence electrons. The highest BCUT2D eigenvalue weighted by molar-refractivity contribution is 6.07. The van der Waals surface area contributed by atoms with Crippen molar-refractivity contribution in [1.29, 1.82) is 0 Å². The Labute approximate surface area is 123 Å². The number of nitrogens with zero attached hydrogens (tertiary/aromatic N) is 1. The van der Waals surface area contributed by atoms with E-state index in [9.17, 15) is 18.7 Å². The fourth-order valence-corrected chi connectivity index (χ4v) is 2.33. The normalized spacial score (nSPS) is 10.9. The molecule has 5 nitrogen and oxygen atoms in total. The van der Waals surface area contributed by atoms with Crippen molar-refractivity contribution in [3.8, 4) is 0 Å². The number of carboxylic acid groups (broad SMARTS) is 1. The third-order valence-electron chi connectivity index (χ3n) is 3.26. The third-order valence-corrected chi connectivity index (χ3v) is 3.26. The lowest BCUT2D eigenvalue weighted by Crippen LogP contribution is -2.02. The summed E-state index contributed by atoms with van der Waals surface area (Å²) in [5, 5.41) is 12.5. The zero-order chi connectivity index (χ0) is 15.9. The Morgan fingerprint density at radius 3 is 2.59 bits per heavy atom. The van der Waals surface area contributed by atoms with E-state index >= 15 is 0 Å². The van der Waals surface area contributed by atoms with Crippen LogP contribution in [0, 0.1) is 18.6 Å². The van der Waals surface area contributed by atoms with Crippen molar-refractivity contribution in [3.05, 3.63) is 53.4 Å². The molecule has 0 radical (unpaired) electrons. The number of aromatic amines is 1. The first-order chi connectivity index (χ1) is 10.5. The van der Waals surface area contributed by atoms with Gasteiger partial charge in [-0.05, 0) is 24.6 Å². The van der Waals surface area contributed by atoms with Gasteiger partial charge in [-0.25, -0.2) is 18.6 Å². The quantitative estimate of drug-likeness (QED) is 0.691. The van der Waals surface area contributed by atoms with E-state index in [0.717, 1.165) is 23.8 Å². The number of aromatic carboxylic acids is 1. The zero-order valence-electron chi connectivity index (χ0n) is 11.4. The number of aromatic nitrogens is 2. The number of benzene rings is 1. The minimum absolute atomic E-state index is 0.0599. The summed E-state index contributed by atoms with van der Waals surface area (Å²) in [6, 6.07) is 3.01. The number of anilines is 2. The Balaban J connectivity index is 2.12. The summed E-state index contributed by atoms with van der Waals surface area (Å²) in [5.74, 6) is -2.24. The molecule has 0 amide bonds. The molecule has 3 aromatic rings. The standard InChI is InChI=1S/C15H11F2N3O2/c1-7-5-18-13-12(7)11(15(21)22)6-19-14(13)20-10-3-8(16)2-9(17)4-10/h2-6,18H,1H3,(H,19,20)(H,21,22). The highest BCUT2D eigenvalue weighted by Crippen LogP contribution is 2.29. The molecule has 1 aromatic carbocycles. The lowest BCUT2D eigenvalue weighted by molar-refractivity contribution is 0.0698. The number of aryl methyl sites for hydroxylation is 1. The Morgan fingerprint density at radius 1 is 1.27 bits per heavy atom. The molecule has 0 saturated heterocycles. The van der Waals surface area contributed by atoms with E-state index in [1.54, 1.807) is 13.1 Å². The van der Waals surface area contributed by atoms with E-state index in [-0.39, 0.29) is 17.1 Å². The molecule has 3 rings (SSSR count). The first-order valence-electron chi connectivity index (χ1n) is 6.39. The molecule has 7 heteroatoms. The van der Waals surface area contributed by atoms with Crippen molar-refractivity contribution >= 4 is 28.4 Å². The number of carboxylic acids is 1. The van der Waals surface area contributed by atoms with E-state index in [2.05, 4.69) is 15.3 Å². The SMILES string of the molecule is Cc1c[nH]c2c(Nc3cc(F)cc(F)c3)ncc(C(=O)O)c12. The number of rotatable bonds is 3. The van der Waals surface area contributed by atoms with Gasteiger partial charge in [0.15, 0.2) is 5.82 Å². The van der Waals surface area contributed by atoms with Gasteiger partial charge in [-0.15, -0.1) is 0 Å². The minimum atomic E-state index is -1.09. The maximum atomic E-state index is 13.2. The van der Waals surface area contributed by atoms with Gasteiger partial charge in [0.25, 0.3) is 0 Å². The number of carbonyl (C=O) groups is 1. The second-order valence-electron chi connectivity index (χ2n) is 4.83. The lowest BCUT2D eigenvalue weighted by Gasteiger charge is -2.09. The number of halogens is 2. The lowest BCUT2D eigenvalue weighted by atomic mass is 10.1. The predicted molar refractivity (Wildman–Crippen MR) is 77.4 cm³/mol. The average molecular weight is 303 g/mol. The number of hydrogen-bond acceptors (Lipinski definition) is 3. The smallest absolute Gasteiger partial charge is 0.337 e. The van der Waals surface area contributed by atoms with Gasteiger partial charge < -0.3 is 15.4 Å². The number of pyridine rings is 1. The highest BCUT2D eigenvalue weighted by Gasteiger charge is 2.16. The van der Waals surface area contributed by atoms with Crippen LogP contribution in [0.2, 0.25) is 0 Å². The van der Waals surface area contributed by atoms with Gasteiger partial charge in [0.05, 0.1) is 11.1 Å². The fraction of sp³-hybridized carbons (Fsp3) is 0.0667. The maximum Gasteiger partial charge on any atom is 0.337 e. The molecule has 3 N–H and O–H groups in total. The average Bonchev–Trinajstić information content (AvgIpc) is 2.80. The van der Waals surface area contributed by atoms with Crippen LogP contribution >= 0.6 is 0 Å². The van der Waals surface area contributed by atoms with Crippen LogP contribution < -0.4 is 5.32 Å². The van der Waals surface area contributed by atoms with Crippen molar-refractivity contribution in [2.75, 3.05) is 5.32 Å². The predicted octanol–water partition coefficient (Wildman–Crippen LogP) is 3.59. The summed E-state index contributed by atoms with van der Waals surface area (Å²) >= 11 is 0. The molecule has 2 heterocycles. The van der Waals surface area contributed by atoms with Gasteiger partial charge >= 0.3 is 5.97 Å². The van der Waals surface area contributed by atoms with Gasteiger partial charge in [0.1, 0.15) is 11.6 Å². The van der Waals surface area contributed by atoms with Crippen molar-refractivity contribution in [2.45, 2.75) is 6.92 Å². The van der Waals surface area contributed by atoms with Crippen molar-refractivity contribution < 1.29 is 18.7 Å². The van der Waals surface area contributed by atoms with E-state index in [0.29, 0.717) is 10.9 Å². The van der Waals surface area contributed by atoms with Crippen LogP contribution in [0.5, 0.6) is 0 Å². The molecule has 0 atom stereocenters. The Hall–Kier alpha value is -2.96. The second-order valence-corrected chi connectivity index (χ2v) is 4.83. The van der Waals surface area contributed by atoms with E-state index in [1.807, 2.05) is 0 Å². The summed E-state index contributed by atoms with van der Waals surface area (Å²) in [4.78, 5) is 18.2. The molecule has 0 unspecified atom stereocenters. The first kappa shape index (κ1) is 14.0. The van der Waals surface area contributed by atoms with E-state index in [4.69, 9.17) is 0 Å². The van der Waals surface area contributed by atoms with Crippen molar-refractivity contribution in [3.63, 3.8) is 0 Å². The van der Waals surface area contributed by atoms with Gasteiger partial charge in [0, 0.05) is 29.5 Å². The van der Waals surface area contributed by atoms with Gasteiger partial charge in [-0.1, -0.05) is 0 Å². The first-order valence-corrected chi connectivity index (χ1v) is 6.39. The molecule has 0 aliphatic rings. The van der Waals surface area contributed by atoms with Crippen LogP contribution in [0.4, 0.5) is 20.3 Å². The molecule has 0 spiro atoms. The van der Waals surface area contributed by atoms with Crippen LogP contribution in [0.1, 0.15) is 15.9 Å². The molecular weight excluding hydrogens is 292 g/mol. The van der Waals surface area contributed by atoms with Crippen molar-refractivity contribution in [2.24, 2.45) is 0 Å². The highest BCUT2D eigenvalue weighted by atomic mass is 19.1. The number of nitrogens with one attached hydrogen (secondary N) is 2. The summed E-state index contributed by atoms with van der Waals surface area (Å²) in [5.41, 5.74) is 1.44. The summed E-state index contributed by atoms with van der Waals surface area (Å²) in [6.07, 6.45) is 2.86. The van der Waals surface area contributed by atoms with Crippen molar-refractivity contribution in [1.82, 2.24) is 9.97 Å². The largest absolute Gasteiger partial charge is 0.478 e. The molecule has 22 heavy (non-hydrogen) atoms. The number of fused-ring (bicyclic) bond motifs is 1. The second kappa shape index (κ2) is 5.10. The third kappa shape index (κ3) is 2.37. The Morgan fingerprint density at radius 2 is 1.95 bits per heavy atom. The van der Waals surface area contributed by atoms with E-state index in [1.165, 1.54) is 6.20 Å². The number of H-pyrrole nitrogens is 1. The van der Waals surface area contributed by atoms with Gasteiger partial charge in [-0.2, -0.15) is 0 Å².